The minimum Gasteiger partial charge on any atom is -0.452 e. The number of carbonyl (C=O) groups is 4. The Morgan fingerprint density at radius 3 is 2.32 bits per heavy atom. The highest BCUT2D eigenvalue weighted by Gasteiger charge is 2.18. The van der Waals surface area contributed by atoms with Gasteiger partial charge in [-0.1, -0.05) is 61.7 Å². The maximum atomic E-state index is 12.5. The van der Waals surface area contributed by atoms with E-state index >= 15 is 0 Å². The highest BCUT2D eigenvalue weighted by molar-refractivity contribution is 8.00. The maximum absolute atomic E-state index is 12.5. The smallest absolute Gasteiger partial charge is 0.339 e. The number of hydrogen-bond acceptors (Lipinski definition) is 6. The van der Waals surface area contributed by atoms with Gasteiger partial charge in [0.15, 0.2) is 6.61 Å². The van der Waals surface area contributed by atoms with Gasteiger partial charge in [0.2, 0.25) is 11.8 Å². The maximum Gasteiger partial charge on any atom is 0.339 e. The van der Waals surface area contributed by atoms with Crippen molar-refractivity contribution in [3.63, 3.8) is 0 Å². The van der Waals surface area contributed by atoms with Gasteiger partial charge >= 0.3 is 5.97 Å². The summed E-state index contributed by atoms with van der Waals surface area (Å²) >= 11 is 1.25. The van der Waals surface area contributed by atoms with Crippen LogP contribution in [0.3, 0.4) is 0 Å². The van der Waals surface area contributed by atoms with E-state index in [2.05, 4.69) is 10.6 Å². The Labute approximate surface area is 204 Å². The molecule has 3 amide bonds. The average Bonchev–Trinajstić information content (AvgIpc) is 2.86. The molecule has 2 aromatic carbocycles. The second-order valence-electron chi connectivity index (χ2n) is 8.30. The molecule has 2 aromatic rings. The van der Waals surface area contributed by atoms with Gasteiger partial charge in [0.25, 0.3) is 5.91 Å². The molecule has 7 nitrogen and oxygen atoms in total. The van der Waals surface area contributed by atoms with Gasteiger partial charge in [-0.3, -0.25) is 19.7 Å². The molecule has 0 unspecified atom stereocenters. The van der Waals surface area contributed by atoms with Crippen LogP contribution in [0.2, 0.25) is 0 Å². The number of hydrogen-bond donors (Lipinski definition) is 2. The van der Waals surface area contributed by atoms with Crippen LogP contribution in [0.25, 0.3) is 0 Å². The van der Waals surface area contributed by atoms with Crippen LogP contribution in [0, 0.1) is 5.92 Å². The summed E-state index contributed by atoms with van der Waals surface area (Å²) in [7, 11) is 0. The van der Waals surface area contributed by atoms with Gasteiger partial charge in [-0.25, -0.2) is 4.79 Å². The van der Waals surface area contributed by atoms with E-state index in [-0.39, 0.29) is 23.6 Å². The summed E-state index contributed by atoms with van der Waals surface area (Å²) in [4.78, 5) is 49.4. The summed E-state index contributed by atoms with van der Waals surface area (Å²) in [6.45, 7) is 0.126. The molecular formula is C26H30N2O5S. The zero-order valence-corrected chi connectivity index (χ0v) is 19.9. The second-order valence-corrected chi connectivity index (χ2v) is 9.32. The fourth-order valence-electron chi connectivity index (χ4n) is 3.83. The Morgan fingerprint density at radius 1 is 0.853 bits per heavy atom. The third-order valence-electron chi connectivity index (χ3n) is 5.60. The van der Waals surface area contributed by atoms with Crippen molar-refractivity contribution in [3.8, 4) is 0 Å². The lowest BCUT2D eigenvalue weighted by atomic mass is 9.89. The van der Waals surface area contributed by atoms with Crippen molar-refractivity contribution in [3.05, 3.63) is 65.7 Å². The molecule has 3 rings (SSSR count). The van der Waals surface area contributed by atoms with Crippen molar-refractivity contribution in [2.24, 2.45) is 5.92 Å². The molecule has 1 aliphatic carbocycles. The number of ether oxygens (including phenoxy) is 1. The van der Waals surface area contributed by atoms with Crippen LogP contribution in [0.4, 0.5) is 0 Å². The quantitative estimate of drug-likeness (QED) is 0.397. The van der Waals surface area contributed by atoms with Crippen LogP contribution < -0.4 is 10.6 Å². The number of thioether (sulfide) groups is 1. The van der Waals surface area contributed by atoms with E-state index in [4.69, 9.17) is 4.74 Å². The fraction of sp³-hybridized carbons (Fsp3) is 0.385. The highest BCUT2D eigenvalue weighted by atomic mass is 32.2. The molecule has 0 bridgehead atoms. The van der Waals surface area contributed by atoms with E-state index in [0.717, 1.165) is 18.4 Å². The third-order valence-corrected chi connectivity index (χ3v) is 6.67. The molecule has 0 spiro atoms. The Bertz CT molecular complexity index is 990. The molecule has 0 aliphatic heterocycles. The first-order chi connectivity index (χ1) is 16.5. The molecule has 0 atom stereocenters. The summed E-state index contributed by atoms with van der Waals surface area (Å²) < 4.78 is 5.10. The number of benzene rings is 2. The monoisotopic (exact) mass is 482 g/mol. The standard InChI is InChI=1S/C26H30N2O5S/c29-23(15-19-9-3-1-4-10-19)28-24(30)17-33-26(32)21-13-7-8-14-22(21)34-18-25(31)27-16-20-11-5-2-6-12-20/h1,3-4,7-10,13-14,20H,2,5-6,11-12,15-18H2,(H,27,31)(H,28,29,30). The van der Waals surface area contributed by atoms with Gasteiger partial charge in [0.1, 0.15) is 0 Å². The lowest BCUT2D eigenvalue weighted by Gasteiger charge is -2.21. The normalized spacial score (nSPS) is 13.6. The van der Waals surface area contributed by atoms with E-state index in [0.29, 0.717) is 17.4 Å². The van der Waals surface area contributed by atoms with Crippen molar-refractivity contribution in [2.45, 2.75) is 43.4 Å². The Balaban J connectivity index is 1.42. The molecule has 1 saturated carbocycles. The molecule has 2 N–H and O–H groups in total. The zero-order chi connectivity index (χ0) is 24.2. The lowest BCUT2D eigenvalue weighted by Crippen LogP contribution is -2.35. The first kappa shape index (κ1) is 25.5. The largest absolute Gasteiger partial charge is 0.452 e. The highest BCUT2D eigenvalue weighted by Crippen LogP contribution is 2.24. The van der Waals surface area contributed by atoms with Crippen molar-refractivity contribution >= 4 is 35.5 Å². The van der Waals surface area contributed by atoms with Gasteiger partial charge in [0.05, 0.1) is 17.7 Å². The fourth-order valence-corrected chi connectivity index (χ4v) is 4.70. The number of esters is 1. The van der Waals surface area contributed by atoms with Gasteiger partial charge in [-0.15, -0.1) is 11.8 Å². The third kappa shape index (κ3) is 8.67. The summed E-state index contributed by atoms with van der Waals surface area (Å²) in [5.74, 6) is -1.18. The molecule has 180 valence electrons. The van der Waals surface area contributed by atoms with Crippen LogP contribution in [0.1, 0.15) is 48.0 Å². The summed E-state index contributed by atoms with van der Waals surface area (Å²) in [5.41, 5.74) is 1.05. The predicted octanol–water partition coefficient (Wildman–Crippen LogP) is 3.52. The van der Waals surface area contributed by atoms with Gasteiger partial charge in [0, 0.05) is 11.4 Å². The molecule has 8 heteroatoms. The predicted molar refractivity (Wildman–Crippen MR) is 130 cm³/mol. The molecular weight excluding hydrogens is 452 g/mol. The minimum absolute atomic E-state index is 0.0583. The lowest BCUT2D eigenvalue weighted by molar-refractivity contribution is -0.132. The summed E-state index contributed by atoms with van der Waals surface area (Å²) in [5, 5.41) is 5.20. The van der Waals surface area contributed by atoms with Gasteiger partial charge in [-0.05, 0) is 36.5 Å². The molecule has 0 radical (unpaired) electrons. The van der Waals surface area contributed by atoms with Crippen molar-refractivity contribution < 1.29 is 23.9 Å². The Kier molecular flexibility index (Phi) is 10.2. The molecule has 1 fully saturated rings. The van der Waals surface area contributed by atoms with E-state index in [1.165, 1.54) is 31.0 Å². The van der Waals surface area contributed by atoms with Gasteiger partial charge < -0.3 is 10.1 Å². The summed E-state index contributed by atoms with van der Waals surface area (Å²) in [6, 6.07) is 15.8. The van der Waals surface area contributed by atoms with Crippen LogP contribution in [0.15, 0.2) is 59.5 Å². The van der Waals surface area contributed by atoms with Crippen molar-refractivity contribution in [1.29, 1.82) is 0 Å². The van der Waals surface area contributed by atoms with E-state index in [9.17, 15) is 19.2 Å². The SMILES string of the molecule is O=C(CSc1ccccc1C(=O)OCC(=O)NC(=O)Cc1ccccc1)NCC1CCCCC1. The van der Waals surface area contributed by atoms with Crippen molar-refractivity contribution in [1.82, 2.24) is 10.6 Å². The van der Waals surface area contributed by atoms with Crippen molar-refractivity contribution in [2.75, 3.05) is 18.9 Å². The molecule has 1 aliphatic rings. The topological polar surface area (TPSA) is 102 Å². The number of imide groups is 1. The van der Waals surface area contributed by atoms with Crippen LogP contribution >= 0.6 is 11.8 Å². The first-order valence-corrected chi connectivity index (χ1v) is 12.5. The van der Waals surface area contributed by atoms with E-state index in [1.807, 2.05) is 18.2 Å². The Hall–Kier alpha value is -3.13. The number of rotatable bonds is 10. The molecule has 34 heavy (non-hydrogen) atoms. The van der Waals surface area contributed by atoms with E-state index < -0.39 is 24.4 Å². The summed E-state index contributed by atoms with van der Waals surface area (Å²) in [6.07, 6.45) is 6.11. The average molecular weight is 483 g/mol. The van der Waals surface area contributed by atoms with E-state index in [1.54, 1.807) is 36.4 Å². The molecule has 0 saturated heterocycles. The molecule has 0 heterocycles. The molecule has 0 aromatic heterocycles. The van der Waals surface area contributed by atoms with Crippen LogP contribution in [0.5, 0.6) is 0 Å². The second kappa shape index (κ2) is 13.5. The Morgan fingerprint density at radius 2 is 1.56 bits per heavy atom. The van der Waals surface area contributed by atoms with Crippen LogP contribution in [-0.2, 0) is 25.5 Å². The van der Waals surface area contributed by atoms with Crippen LogP contribution in [-0.4, -0.2) is 42.6 Å². The number of nitrogens with one attached hydrogen (secondary N) is 2. The first-order valence-electron chi connectivity index (χ1n) is 11.5. The minimum atomic E-state index is -0.693. The van der Waals surface area contributed by atoms with Gasteiger partial charge in [-0.2, -0.15) is 0 Å². The number of carbonyl (C=O) groups excluding carboxylic acids is 4. The number of amides is 3. The zero-order valence-electron chi connectivity index (χ0n) is 19.1.